The predicted octanol–water partition coefficient (Wildman–Crippen LogP) is 5.79. The Kier molecular flexibility index (Phi) is 5.61. The normalized spacial score (nSPS) is 60.5. The minimum atomic E-state index is -0.0320. The molecule has 2 saturated heterocycles. The monoisotopic (exact) mass is 451 g/mol. The highest BCUT2D eigenvalue weighted by Crippen LogP contribution is 2.71. The highest BCUT2D eigenvalue weighted by molar-refractivity contribution is 5.85. The van der Waals surface area contributed by atoms with Crippen LogP contribution in [0.15, 0.2) is 0 Å². The van der Waals surface area contributed by atoms with E-state index in [9.17, 15) is 5.11 Å². The Hall–Kier alpha value is 0.170. The summed E-state index contributed by atoms with van der Waals surface area (Å²) in [7, 11) is 0. The summed E-state index contributed by atoms with van der Waals surface area (Å²) in [5.74, 6) is 5.57. The summed E-state index contributed by atoms with van der Waals surface area (Å²) in [5.41, 5.74) is 0.919. The summed E-state index contributed by atoms with van der Waals surface area (Å²) in [5, 5.41) is 14.2. The van der Waals surface area contributed by atoms with Crippen molar-refractivity contribution >= 4 is 12.4 Å². The number of rotatable bonds is 0. The lowest BCUT2D eigenvalue weighted by atomic mass is 9.44. The maximum absolute atomic E-state index is 10.3. The van der Waals surface area contributed by atoms with Crippen LogP contribution in [0.4, 0.5) is 0 Å². The SMILES string of the molecule is C[C@H]1CC[C@]2(NC1)O[C@H]1C[C@H]3[C@@H]4CC[C@H]5C[C@@H](O)CC[C@]5(C)[C@H]4CC[C@]3(C)[C@@H]1[C@H]2C.Cl. The van der Waals surface area contributed by atoms with E-state index in [-0.39, 0.29) is 24.2 Å². The van der Waals surface area contributed by atoms with E-state index in [4.69, 9.17) is 4.74 Å². The van der Waals surface area contributed by atoms with Crippen LogP contribution in [0.25, 0.3) is 0 Å². The van der Waals surface area contributed by atoms with Crippen LogP contribution in [0.2, 0.25) is 0 Å². The van der Waals surface area contributed by atoms with Gasteiger partial charge in [-0.1, -0.05) is 27.7 Å². The third-order valence-electron chi connectivity index (χ3n) is 12.1. The Balaban J connectivity index is 0.00000204. The van der Waals surface area contributed by atoms with E-state index in [0.29, 0.717) is 22.9 Å². The van der Waals surface area contributed by atoms with Crippen molar-refractivity contribution in [1.29, 1.82) is 0 Å². The van der Waals surface area contributed by atoms with Gasteiger partial charge in [-0.05, 0) is 111 Å². The molecule has 4 saturated carbocycles. The van der Waals surface area contributed by atoms with E-state index in [1.54, 1.807) is 0 Å². The Labute approximate surface area is 196 Å². The molecule has 31 heavy (non-hydrogen) atoms. The zero-order valence-electron chi connectivity index (χ0n) is 20.2. The Morgan fingerprint density at radius 3 is 2.39 bits per heavy atom. The first-order chi connectivity index (χ1) is 14.3. The number of ether oxygens (including phenoxy) is 1. The number of aliphatic hydroxyl groups is 1. The van der Waals surface area contributed by atoms with Gasteiger partial charge in [0.15, 0.2) is 0 Å². The Morgan fingerprint density at radius 1 is 0.871 bits per heavy atom. The maximum Gasteiger partial charge on any atom is 0.122 e. The maximum atomic E-state index is 10.3. The smallest absolute Gasteiger partial charge is 0.122 e. The van der Waals surface area contributed by atoms with Crippen LogP contribution in [0.5, 0.6) is 0 Å². The minimum Gasteiger partial charge on any atom is -0.393 e. The average Bonchev–Trinajstić information content (AvgIpc) is 3.16. The predicted molar refractivity (Wildman–Crippen MR) is 127 cm³/mol. The number of fused-ring (bicyclic) bond motifs is 7. The van der Waals surface area contributed by atoms with Crippen LogP contribution in [-0.4, -0.2) is 29.6 Å². The number of halogens is 1. The van der Waals surface area contributed by atoms with Crippen molar-refractivity contribution in [3.05, 3.63) is 0 Å². The standard InChI is InChI=1S/C27H45NO2.ClH/c1-16-7-12-27(28-15-16)17(2)24-23(30-27)14-22-20-6-5-18-13-19(29)8-10-25(18,3)21(20)9-11-26(22,24)4;/h16-24,28-29H,5-15H2,1-4H3;1H/t16-,17+,18-,19-,20+,21-,22-,23-,24+,25-,26-,27-;/m0./s1. The van der Waals surface area contributed by atoms with Crippen LogP contribution in [0, 0.1) is 52.3 Å². The molecule has 0 unspecified atom stereocenters. The fourth-order valence-corrected chi connectivity index (χ4v) is 10.4. The Bertz CT molecular complexity index is 693. The van der Waals surface area contributed by atoms with E-state index in [0.717, 1.165) is 54.9 Å². The van der Waals surface area contributed by atoms with Gasteiger partial charge in [-0.15, -0.1) is 12.4 Å². The molecule has 6 fully saturated rings. The third-order valence-corrected chi connectivity index (χ3v) is 12.1. The molecule has 1 spiro atoms. The molecular weight excluding hydrogens is 406 g/mol. The summed E-state index contributed by atoms with van der Waals surface area (Å²) >= 11 is 0. The molecule has 4 aliphatic carbocycles. The van der Waals surface area contributed by atoms with Crippen molar-refractivity contribution in [2.45, 2.75) is 110 Å². The number of nitrogens with one attached hydrogen (secondary N) is 1. The molecule has 4 heteroatoms. The first-order valence-corrected chi connectivity index (χ1v) is 13.4. The number of hydrogen-bond acceptors (Lipinski definition) is 3. The van der Waals surface area contributed by atoms with Crippen LogP contribution in [0.1, 0.15) is 91.9 Å². The van der Waals surface area contributed by atoms with Crippen molar-refractivity contribution in [2.24, 2.45) is 52.3 Å². The third kappa shape index (κ3) is 3.08. The highest BCUT2D eigenvalue weighted by Gasteiger charge is 2.68. The molecule has 0 bridgehead atoms. The molecule has 0 aromatic rings. The fourth-order valence-electron chi connectivity index (χ4n) is 10.4. The topological polar surface area (TPSA) is 41.5 Å². The largest absolute Gasteiger partial charge is 0.393 e. The summed E-state index contributed by atoms with van der Waals surface area (Å²) < 4.78 is 7.01. The van der Waals surface area contributed by atoms with Gasteiger partial charge in [0.2, 0.25) is 0 Å². The highest BCUT2D eigenvalue weighted by atomic mass is 35.5. The summed E-state index contributed by atoms with van der Waals surface area (Å²) in [6, 6.07) is 0. The summed E-state index contributed by atoms with van der Waals surface area (Å²) in [6.07, 6.45) is 13.2. The second kappa shape index (κ2) is 7.59. The van der Waals surface area contributed by atoms with Gasteiger partial charge in [0.25, 0.3) is 0 Å². The van der Waals surface area contributed by atoms with Crippen LogP contribution in [0.3, 0.4) is 0 Å². The number of piperidine rings is 1. The van der Waals surface area contributed by atoms with Crippen molar-refractivity contribution in [3.63, 3.8) is 0 Å². The molecule has 6 rings (SSSR count). The molecule has 3 nitrogen and oxygen atoms in total. The zero-order valence-corrected chi connectivity index (χ0v) is 21.1. The van der Waals surface area contributed by atoms with Gasteiger partial charge in [0, 0.05) is 12.5 Å². The molecule has 12 atom stereocenters. The molecule has 0 radical (unpaired) electrons. The van der Waals surface area contributed by atoms with Gasteiger partial charge >= 0.3 is 0 Å². The van der Waals surface area contributed by atoms with Gasteiger partial charge in [0.05, 0.1) is 12.2 Å². The summed E-state index contributed by atoms with van der Waals surface area (Å²) in [4.78, 5) is 0. The number of hydrogen-bond donors (Lipinski definition) is 2. The van der Waals surface area contributed by atoms with E-state index >= 15 is 0 Å². The molecule has 2 N–H and O–H groups in total. The van der Waals surface area contributed by atoms with Crippen LogP contribution in [-0.2, 0) is 4.74 Å². The molecule has 0 amide bonds. The van der Waals surface area contributed by atoms with Crippen molar-refractivity contribution in [3.8, 4) is 0 Å². The second-order valence-electron chi connectivity index (χ2n) is 13.3. The van der Waals surface area contributed by atoms with Crippen LogP contribution >= 0.6 is 12.4 Å². The molecule has 0 aromatic carbocycles. The van der Waals surface area contributed by atoms with Gasteiger partial charge in [-0.25, -0.2) is 0 Å². The zero-order chi connectivity index (χ0) is 20.9. The summed E-state index contributed by atoms with van der Waals surface area (Å²) in [6.45, 7) is 11.3. The van der Waals surface area contributed by atoms with Crippen molar-refractivity contribution < 1.29 is 9.84 Å². The molecule has 2 aliphatic heterocycles. The van der Waals surface area contributed by atoms with E-state index in [2.05, 4.69) is 33.0 Å². The molecule has 6 aliphatic rings. The lowest BCUT2D eigenvalue weighted by molar-refractivity contribution is -0.140. The molecule has 178 valence electrons. The second-order valence-corrected chi connectivity index (χ2v) is 13.3. The van der Waals surface area contributed by atoms with Crippen molar-refractivity contribution in [1.82, 2.24) is 5.32 Å². The fraction of sp³-hybridized carbons (Fsp3) is 1.00. The van der Waals surface area contributed by atoms with E-state index in [1.807, 2.05) is 0 Å². The average molecular weight is 452 g/mol. The first kappa shape index (κ1) is 22.9. The first-order valence-electron chi connectivity index (χ1n) is 13.4. The van der Waals surface area contributed by atoms with Crippen LogP contribution < -0.4 is 5.32 Å². The Morgan fingerprint density at radius 2 is 1.65 bits per heavy atom. The van der Waals surface area contributed by atoms with Gasteiger partial charge in [0.1, 0.15) is 5.72 Å². The molecule has 0 aromatic heterocycles. The minimum absolute atomic E-state index is 0. The lowest BCUT2D eigenvalue weighted by Crippen LogP contribution is -2.57. The molecular formula is C27H46ClNO2. The number of aliphatic hydroxyl groups excluding tert-OH is 1. The van der Waals surface area contributed by atoms with Crippen molar-refractivity contribution in [2.75, 3.05) is 6.54 Å². The van der Waals surface area contributed by atoms with Gasteiger partial charge in [-0.2, -0.15) is 0 Å². The van der Waals surface area contributed by atoms with Gasteiger partial charge < -0.3 is 9.84 Å². The van der Waals surface area contributed by atoms with Gasteiger partial charge in [-0.3, -0.25) is 5.32 Å². The molecule has 2 heterocycles. The lowest BCUT2D eigenvalue weighted by Gasteiger charge is -2.61. The van der Waals surface area contributed by atoms with E-state index < -0.39 is 0 Å². The quantitative estimate of drug-likeness (QED) is 0.489. The van der Waals surface area contributed by atoms with E-state index in [1.165, 1.54) is 51.4 Å².